The number of methoxy groups -OCH3 is 1. The van der Waals surface area contributed by atoms with E-state index in [1.165, 1.54) is 25.5 Å². The van der Waals surface area contributed by atoms with Crippen molar-refractivity contribution in [1.29, 1.82) is 0 Å². The van der Waals surface area contributed by atoms with Crippen LogP contribution in [0.1, 0.15) is 51.5 Å². The summed E-state index contributed by atoms with van der Waals surface area (Å²) in [5, 5.41) is 2.81. The lowest BCUT2D eigenvalue weighted by Gasteiger charge is -2.27. The average Bonchev–Trinajstić information content (AvgIpc) is 2.71. The number of amides is 1. The maximum Gasteiger partial charge on any atom is 0.412 e. The van der Waals surface area contributed by atoms with E-state index in [2.05, 4.69) is 50.3 Å². The van der Waals surface area contributed by atoms with Crippen molar-refractivity contribution in [1.82, 2.24) is 10.2 Å². The van der Waals surface area contributed by atoms with Crippen molar-refractivity contribution in [3.8, 4) is 5.75 Å². The highest BCUT2D eigenvalue weighted by Gasteiger charge is 2.21. The Kier molecular flexibility index (Phi) is 10.0. The van der Waals surface area contributed by atoms with Crippen LogP contribution >= 0.6 is 0 Å². The Bertz CT molecular complexity index is 758. The number of benzene rings is 1. The van der Waals surface area contributed by atoms with E-state index in [0.29, 0.717) is 24.1 Å². The van der Waals surface area contributed by atoms with E-state index >= 15 is 0 Å². The maximum atomic E-state index is 12.4. The Balaban J connectivity index is 1.99. The van der Waals surface area contributed by atoms with E-state index in [1.807, 2.05) is 12.1 Å². The van der Waals surface area contributed by atoms with Crippen LogP contribution in [0.25, 0.3) is 5.57 Å². The van der Waals surface area contributed by atoms with Gasteiger partial charge in [0.15, 0.2) is 0 Å². The van der Waals surface area contributed by atoms with E-state index in [1.54, 1.807) is 6.07 Å². The molecule has 0 radical (unpaired) electrons. The molecule has 0 saturated heterocycles. The first-order valence-electron chi connectivity index (χ1n) is 11.3. The molecule has 1 aliphatic carbocycles. The number of esters is 1. The van der Waals surface area contributed by atoms with Gasteiger partial charge in [-0.3, -0.25) is 4.79 Å². The molecule has 0 saturated carbocycles. The molecule has 0 aromatic heterocycles. The summed E-state index contributed by atoms with van der Waals surface area (Å²) in [5.74, 6) is 1.19. The Hall–Kier alpha value is -2.34. The number of allylic oxidation sites excluding steroid dienone is 1. The second-order valence-corrected chi connectivity index (χ2v) is 9.12. The second-order valence-electron chi connectivity index (χ2n) is 9.12. The van der Waals surface area contributed by atoms with Crippen molar-refractivity contribution in [3.05, 3.63) is 35.9 Å². The van der Waals surface area contributed by atoms with Crippen molar-refractivity contribution >= 4 is 17.6 Å². The first kappa shape index (κ1) is 24.9. The zero-order valence-electron chi connectivity index (χ0n) is 19.6. The van der Waals surface area contributed by atoms with Crippen molar-refractivity contribution in [3.63, 3.8) is 0 Å². The van der Waals surface area contributed by atoms with Gasteiger partial charge in [-0.1, -0.05) is 32.1 Å². The summed E-state index contributed by atoms with van der Waals surface area (Å²) in [5.41, 5.74) is 2.45. The summed E-state index contributed by atoms with van der Waals surface area (Å²) in [6.45, 7) is 5.58. The largest absolute Gasteiger partial charge is 0.469 e. The van der Waals surface area contributed by atoms with E-state index in [-0.39, 0.29) is 18.3 Å². The van der Waals surface area contributed by atoms with Crippen LogP contribution in [0.5, 0.6) is 5.75 Å². The predicted octanol–water partition coefficient (Wildman–Crippen LogP) is 4.75. The SMILES string of the molecule is COC(=O)C[C@H](CNC(=O)Oc1cccc(C2=CCCC[C@@H]2CN(C)C)c1)CC(C)C. The fourth-order valence-corrected chi connectivity index (χ4v) is 4.26. The molecule has 6 nitrogen and oxygen atoms in total. The highest BCUT2D eigenvalue weighted by Crippen LogP contribution is 2.34. The highest BCUT2D eigenvalue weighted by molar-refractivity contribution is 5.73. The number of ether oxygens (including phenoxy) is 2. The van der Waals surface area contributed by atoms with Gasteiger partial charge in [0.2, 0.25) is 0 Å². The minimum absolute atomic E-state index is 0.0190. The van der Waals surface area contributed by atoms with Crippen LogP contribution in [0.4, 0.5) is 4.79 Å². The zero-order valence-corrected chi connectivity index (χ0v) is 19.6. The standard InChI is InChI=1S/C25H38N2O4/c1-18(2)13-19(14-24(28)30-5)16-26-25(29)31-22-11-8-10-20(15-22)23-12-7-6-9-21(23)17-27(3)4/h8,10-12,15,18-19,21H,6-7,9,13-14,16-17H2,1-5H3,(H,26,29)/t19-,21-/m1/s1. The fraction of sp³-hybridized carbons (Fsp3) is 0.600. The first-order valence-corrected chi connectivity index (χ1v) is 11.3. The molecule has 2 rings (SSSR count). The molecule has 0 aliphatic heterocycles. The monoisotopic (exact) mass is 430 g/mol. The molecule has 0 unspecified atom stereocenters. The maximum absolute atomic E-state index is 12.4. The number of rotatable bonds is 10. The third-order valence-electron chi connectivity index (χ3n) is 5.55. The second kappa shape index (κ2) is 12.5. The van der Waals surface area contributed by atoms with Crippen LogP contribution in [0.3, 0.4) is 0 Å². The molecule has 0 fully saturated rings. The third-order valence-corrected chi connectivity index (χ3v) is 5.55. The van der Waals surface area contributed by atoms with Crippen molar-refractivity contribution in [2.24, 2.45) is 17.8 Å². The number of nitrogens with one attached hydrogen (secondary N) is 1. The Labute approximate surface area is 187 Å². The minimum atomic E-state index is -0.502. The van der Waals surface area contributed by atoms with E-state index in [9.17, 15) is 9.59 Å². The summed E-state index contributed by atoms with van der Waals surface area (Å²) >= 11 is 0. The quantitative estimate of drug-likeness (QED) is 0.543. The number of hydrogen-bond donors (Lipinski definition) is 1. The topological polar surface area (TPSA) is 67.9 Å². The van der Waals surface area contributed by atoms with Gasteiger partial charge in [0.1, 0.15) is 5.75 Å². The molecule has 6 heteroatoms. The van der Waals surface area contributed by atoms with Crippen LogP contribution in [0.2, 0.25) is 0 Å². The highest BCUT2D eigenvalue weighted by atomic mass is 16.6. The summed E-state index contributed by atoms with van der Waals surface area (Å²) in [4.78, 5) is 26.3. The normalized spacial score (nSPS) is 17.3. The Morgan fingerprint density at radius 2 is 2.03 bits per heavy atom. The van der Waals surface area contributed by atoms with Gasteiger partial charge in [0.05, 0.1) is 13.5 Å². The zero-order chi connectivity index (χ0) is 22.8. The lowest BCUT2D eigenvalue weighted by molar-refractivity contribution is -0.141. The van der Waals surface area contributed by atoms with Crippen molar-refractivity contribution in [2.75, 3.05) is 34.3 Å². The number of hydrogen-bond acceptors (Lipinski definition) is 5. The molecular weight excluding hydrogens is 392 g/mol. The predicted molar refractivity (Wildman–Crippen MR) is 124 cm³/mol. The molecule has 1 N–H and O–H groups in total. The summed E-state index contributed by atoms with van der Waals surface area (Å²) < 4.78 is 10.3. The molecule has 0 heterocycles. The fourth-order valence-electron chi connectivity index (χ4n) is 4.26. The van der Waals surface area contributed by atoms with Gasteiger partial charge in [-0.2, -0.15) is 0 Å². The van der Waals surface area contributed by atoms with Gasteiger partial charge >= 0.3 is 12.1 Å². The van der Waals surface area contributed by atoms with Crippen LogP contribution in [-0.2, 0) is 9.53 Å². The third kappa shape index (κ3) is 8.74. The van der Waals surface area contributed by atoms with Gasteiger partial charge < -0.3 is 19.7 Å². The molecule has 1 aromatic rings. The number of carbonyl (C=O) groups is 2. The van der Waals surface area contributed by atoms with Crippen LogP contribution in [0.15, 0.2) is 30.3 Å². The molecular formula is C25H38N2O4. The Morgan fingerprint density at radius 3 is 2.71 bits per heavy atom. The van der Waals surface area contributed by atoms with Gasteiger partial charge in [0.25, 0.3) is 0 Å². The minimum Gasteiger partial charge on any atom is -0.469 e. The van der Waals surface area contributed by atoms with Crippen LogP contribution in [-0.4, -0.2) is 51.3 Å². The van der Waals surface area contributed by atoms with Crippen LogP contribution in [0, 0.1) is 17.8 Å². The smallest absolute Gasteiger partial charge is 0.412 e. The molecule has 1 aromatic carbocycles. The summed E-state index contributed by atoms with van der Waals surface area (Å²) in [6, 6.07) is 7.76. The van der Waals surface area contributed by atoms with Gasteiger partial charge in [-0.05, 0) is 80.8 Å². The first-order chi connectivity index (χ1) is 14.8. The summed E-state index contributed by atoms with van der Waals surface area (Å²) in [7, 11) is 5.58. The Morgan fingerprint density at radius 1 is 1.26 bits per heavy atom. The van der Waals surface area contributed by atoms with Crippen molar-refractivity contribution < 1.29 is 19.1 Å². The molecule has 1 aliphatic rings. The molecule has 1 amide bonds. The molecule has 31 heavy (non-hydrogen) atoms. The van der Waals surface area contributed by atoms with E-state index in [4.69, 9.17) is 9.47 Å². The van der Waals surface area contributed by atoms with E-state index in [0.717, 1.165) is 24.9 Å². The lowest BCUT2D eigenvalue weighted by Crippen LogP contribution is -2.33. The summed E-state index contributed by atoms with van der Waals surface area (Å²) in [6.07, 6.45) is 6.40. The van der Waals surface area contributed by atoms with Gasteiger partial charge in [0, 0.05) is 13.1 Å². The van der Waals surface area contributed by atoms with E-state index < -0.39 is 6.09 Å². The van der Waals surface area contributed by atoms with Crippen LogP contribution < -0.4 is 10.1 Å². The lowest BCUT2D eigenvalue weighted by atomic mass is 9.83. The molecule has 0 bridgehead atoms. The molecule has 172 valence electrons. The molecule has 2 atom stereocenters. The van der Waals surface area contributed by atoms with Gasteiger partial charge in [-0.25, -0.2) is 4.79 Å². The number of carbonyl (C=O) groups excluding carboxylic acids is 2. The van der Waals surface area contributed by atoms with Gasteiger partial charge in [-0.15, -0.1) is 0 Å². The van der Waals surface area contributed by atoms with Crippen molar-refractivity contribution in [2.45, 2.75) is 46.0 Å². The number of nitrogens with zero attached hydrogens (tertiary/aromatic N) is 1. The molecule has 0 spiro atoms. The average molecular weight is 431 g/mol.